The molecule has 0 aliphatic rings. The lowest BCUT2D eigenvalue weighted by Gasteiger charge is -2.08. The molecule has 1 aromatic carbocycles. The molecule has 27 heavy (non-hydrogen) atoms. The maximum absolute atomic E-state index is 8.94. The van der Waals surface area contributed by atoms with Gasteiger partial charge in [0.25, 0.3) is 0 Å². The van der Waals surface area contributed by atoms with Crippen LogP contribution in [0.1, 0.15) is 0 Å². The summed E-state index contributed by atoms with van der Waals surface area (Å²) >= 11 is 0. The van der Waals surface area contributed by atoms with Gasteiger partial charge >= 0.3 is 13.7 Å². The van der Waals surface area contributed by atoms with Gasteiger partial charge < -0.3 is 9.68 Å². The lowest BCUT2D eigenvalue weighted by atomic mass is 10.1. The highest BCUT2D eigenvalue weighted by molar-refractivity contribution is 6.17. The van der Waals surface area contributed by atoms with Crippen LogP contribution in [-0.2, 0) is 0 Å². The molecular formula is C19H13BN5O2. The first-order valence-electron chi connectivity index (χ1n) is 8.13. The van der Waals surface area contributed by atoms with E-state index < -0.39 is 0 Å². The molecule has 7 nitrogen and oxygen atoms in total. The van der Waals surface area contributed by atoms with Gasteiger partial charge in [0.05, 0.1) is 5.69 Å². The van der Waals surface area contributed by atoms with E-state index in [9.17, 15) is 0 Å². The zero-order valence-electron chi connectivity index (χ0n) is 14.1. The van der Waals surface area contributed by atoms with Crippen molar-refractivity contribution in [3.63, 3.8) is 0 Å². The van der Waals surface area contributed by atoms with Gasteiger partial charge in [-0.15, -0.1) is 0 Å². The molecule has 1 N–H and O–H groups in total. The van der Waals surface area contributed by atoms with Crippen LogP contribution in [0, 0.1) is 0 Å². The Morgan fingerprint density at radius 2 is 1.48 bits per heavy atom. The minimum absolute atomic E-state index is 0.00227. The van der Waals surface area contributed by atoms with E-state index in [1.165, 1.54) is 0 Å². The first-order chi connectivity index (χ1) is 13.3. The molecule has 4 rings (SSSR count). The van der Waals surface area contributed by atoms with E-state index in [1.807, 2.05) is 42.5 Å². The molecule has 0 bridgehead atoms. The molecule has 0 saturated carbocycles. The third-order valence-corrected chi connectivity index (χ3v) is 3.83. The van der Waals surface area contributed by atoms with Crippen LogP contribution >= 0.6 is 0 Å². The number of pyridine rings is 1. The van der Waals surface area contributed by atoms with Crippen molar-refractivity contribution in [2.24, 2.45) is 0 Å². The van der Waals surface area contributed by atoms with Crippen LogP contribution in [0.5, 0.6) is 6.01 Å². The predicted molar refractivity (Wildman–Crippen MR) is 100 cm³/mol. The van der Waals surface area contributed by atoms with Crippen molar-refractivity contribution >= 4 is 7.69 Å². The summed E-state index contributed by atoms with van der Waals surface area (Å²) in [5.41, 5.74) is 3.85. The minimum atomic E-state index is -0.00227. The molecule has 0 aliphatic heterocycles. The Labute approximate surface area is 156 Å². The topological polar surface area (TPSA) is 93.9 Å². The molecule has 8 heteroatoms. The molecule has 3 aromatic heterocycles. The Balaban J connectivity index is 1.73. The fraction of sp³-hybridized carbons (Fsp3) is 0. The summed E-state index contributed by atoms with van der Waals surface area (Å²) in [6.45, 7) is 0. The van der Waals surface area contributed by atoms with E-state index in [2.05, 4.69) is 24.9 Å². The third-order valence-electron chi connectivity index (χ3n) is 3.83. The highest BCUT2D eigenvalue weighted by atomic mass is 16.5. The Morgan fingerprint density at radius 1 is 0.778 bits per heavy atom. The Morgan fingerprint density at radius 3 is 2.19 bits per heavy atom. The summed E-state index contributed by atoms with van der Waals surface area (Å²) in [6.07, 6.45) is 6.82. The lowest BCUT2D eigenvalue weighted by molar-refractivity contribution is 0.431. The van der Waals surface area contributed by atoms with Gasteiger partial charge in [-0.1, -0.05) is 30.3 Å². The second-order valence-electron chi connectivity index (χ2n) is 5.54. The molecule has 0 atom stereocenters. The van der Waals surface area contributed by atoms with Crippen molar-refractivity contribution in [1.82, 2.24) is 24.9 Å². The number of hydrogen-bond donors (Lipinski definition) is 1. The molecule has 3 heterocycles. The van der Waals surface area contributed by atoms with Crippen LogP contribution in [0.25, 0.3) is 33.9 Å². The van der Waals surface area contributed by atoms with Gasteiger partial charge in [-0.2, -0.15) is 9.97 Å². The van der Waals surface area contributed by atoms with Gasteiger partial charge in [0.1, 0.15) is 5.69 Å². The van der Waals surface area contributed by atoms with Gasteiger partial charge in [-0.25, -0.2) is 9.97 Å². The maximum Gasteiger partial charge on any atom is 0.571 e. The van der Waals surface area contributed by atoms with Gasteiger partial charge in [0, 0.05) is 35.9 Å². The fourth-order valence-electron chi connectivity index (χ4n) is 2.55. The molecular weight excluding hydrogens is 341 g/mol. The standard InChI is InChI=1S/C19H13BN5O2/c26-20-27-19-24-16(14-6-8-21-9-7-14)10-17(25-19)18-22-11-15(12-23-18)13-4-2-1-3-5-13/h1-12,26H. The summed E-state index contributed by atoms with van der Waals surface area (Å²) in [5.74, 6) is 0.426. The number of aromatic nitrogens is 5. The van der Waals surface area contributed by atoms with E-state index in [0.29, 0.717) is 24.9 Å². The van der Waals surface area contributed by atoms with Crippen molar-refractivity contribution in [3.05, 3.63) is 73.3 Å². The molecule has 129 valence electrons. The second kappa shape index (κ2) is 7.71. The van der Waals surface area contributed by atoms with E-state index in [4.69, 9.17) is 9.68 Å². The zero-order valence-corrected chi connectivity index (χ0v) is 14.1. The number of hydrogen-bond acceptors (Lipinski definition) is 7. The zero-order chi connectivity index (χ0) is 18.5. The largest absolute Gasteiger partial charge is 0.571 e. The summed E-state index contributed by atoms with van der Waals surface area (Å²) in [7, 11) is 0.537. The van der Waals surface area contributed by atoms with Crippen LogP contribution in [-0.4, -0.2) is 37.6 Å². The van der Waals surface area contributed by atoms with Crippen LogP contribution in [0.3, 0.4) is 0 Å². The number of nitrogens with zero attached hydrogens (tertiary/aromatic N) is 5. The molecule has 0 amide bonds. The smallest absolute Gasteiger partial charge is 0.509 e. The van der Waals surface area contributed by atoms with Crippen molar-refractivity contribution in [1.29, 1.82) is 0 Å². The first kappa shape index (κ1) is 16.8. The summed E-state index contributed by atoms with van der Waals surface area (Å²) < 4.78 is 4.96. The third kappa shape index (κ3) is 3.80. The minimum Gasteiger partial charge on any atom is -0.509 e. The summed E-state index contributed by atoms with van der Waals surface area (Å²) in [5, 5.41) is 8.94. The van der Waals surface area contributed by atoms with Gasteiger partial charge in [-0.3, -0.25) is 4.98 Å². The molecule has 0 fully saturated rings. The molecule has 4 aromatic rings. The first-order valence-corrected chi connectivity index (χ1v) is 8.13. The Hall–Kier alpha value is -3.65. The molecule has 0 unspecified atom stereocenters. The monoisotopic (exact) mass is 354 g/mol. The van der Waals surface area contributed by atoms with Gasteiger partial charge in [0.2, 0.25) is 0 Å². The van der Waals surface area contributed by atoms with E-state index in [0.717, 1.165) is 16.7 Å². The van der Waals surface area contributed by atoms with Crippen LogP contribution in [0.15, 0.2) is 73.3 Å². The van der Waals surface area contributed by atoms with Crippen molar-refractivity contribution < 1.29 is 9.68 Å². The average Bonchev–Trinajstić information content (AvgIpc) is 2.75. The predicted octanol–water partition coefficient (Wildman–Crippen LogP) is 2.57. The van der Waals surface area contributed by atoms with Crippen LogP contribution in [0.4, 0.5) is 0 Å². The van der Waals surface area contributed by atoms with Gasteiger partial charge in [0.15, 0.2) is 5.82 Å². The van der Waals surface area contributed by atoms with E-state index in [1.54, 1.807) is 30.9 Å². The van der Waals surface area contributed by atoms with Crippen molar-refractivity contribution in [2.75, 3.05) is 0 Å². The lowest BCUT2D eigenvalue weighted by Crippen LogP contribution is -2.06. The van der Waals surface area contributed by atoms with E-state index >= 15 is 0 Å². The van der Waals surface area contributed by atoms with Crippen molar-refractivity contribution in [2.45, 2.75) is 0 Å². The van der Waals surface area contributed by atoms with E-state index in [-0.39, 0.29) is 6.01 Å². The van der Waals surface area contributed by atoms with Crippen LogP contribution < -0.4 is 4.65 Å². The normalized spacial score (nSPS) is 10.4. The van der Waals surface area contributed by atoms with Crippen LogP contribution in [0.2, 0.25) is 0 Å². The quantitative estimate of drug-likeness (QED) is 0.551. The average molecular weight is 354 g/mol. The summed E-state index contributed by atoms with van der Waals surface area (Å²) in [6, 6.07) is 15.3. The van der Waals surface area contributed by atoms with Crippen molar-refractivity contribution in [3.8, 4) is 39.9 Å². The SMILES string of the molecule is O[B]Oc1nc(-c2ccncc2)cc(-c2ncc(-c3ccccc3)cn2)n1. The molecule has 0 saturated heterocycles. The molecule has 0 aliphatic carbocycles. The Kier molecular flexibility index (Phi) is 4.80. The summed E-state index contributed by atoms with van der Waals surface area (Å²) in [4.78, 5) is 21.4. The fourth-order valence-corrected chi connectivity index (χ4v) is 2.55. The Bertz CT molecular complexity index is 1030. The maximum atomic E-state index is 8.94. The second-order valence-corrected chi connectivity index (χ2v) is 5.54. The number of benzene rings is 1. The highest BCUT2D eigenvalue weighted by Gasteiger charge is 2.12. The highest BCUT2D eigenvalue weighted by Crippen LogP contribution is 2.24. The number of rotatable bonds is 5. The molecule has 0 spiro atoms. The molecule has 1 radical (unpaired) electrons. The van der Waals surface area contributed by atoms with Gasteiger partial charge in [-0.05, 0) is 23.8 Å².